The van der Waals surface area contributed by atoms with Crippen LogP contribution < -0.4 is 9.01 Å². The van der Waals surface area contributed by atoms with Gasteiger partial charge in [0.1, 0.15) is 0 Å². The van der Waals surface area contributed by atoms with Gasteiger partial charge in [0.25, 0.3) is 0 Å². The first-order valence-electron chi connectivity index (χ1n) is 3.98. The number of aromatic nitrogens is 1. The zero-order chi connectivity index (χ0) is 13.8. The summed E-state index contributed by atoms with van der Waals surface area (Å²) in [5, 5.41) is 0. The SMILES string of the molecule is O=[PH](OS(=O)(=O)[O-])OS(=O)(=O)O[n+]1ccccc1. The summed E-state index contributed by atoms with van der Waals surface area (Å²) in [5.41, 5.74) is 0. The maximum Gasteiger partial charge on any atom is 0.510 e. The van der Waals surface area contributed by atoms with Crippen molar-refractivity contribution >= 4 is 29.1 Å². The van der Waals surface area contributed by atoms with Crippen LogP contribution in [-0.4, -0.2) is 21.4 Å². The second-order valence-electron chi connectivity index (χ2n) is 2.54. The van der Waals surface area contributed by atoms with E-state index in [1.807, 2.05) is 0 Å². The average molecular weight is 319 g/mol. The van der Waals surface area contributed by atoms with Crippen LogP contribution in [0.15, 0.2) is 30.6 Å². The second kappa shape index (κ2) is 5.73. The summed E-state index contributed by atoms with van der Waals surface area (Å²) >= 11 is 0. The van der Waals surface area contributed by atoms with E-state index in [1.165, 1.54) is 24.5 Å². The van der Waals surface area contributed by atoms with Gasteiger partial charge in [0.05, 0.1) is 0 Å². The fourth-order valence-corrected chi connectivity index (χ4v) is 2.86. The molecular weight excluding hydrogens is 313 g/mol. The quantitative estimate of drug-likeness (QED) is 0.266. The van der Waals surface area contributed by atoms with E-state index in [4.69, 9.17) is 0 Å². The fourth-order valence-electron chi connectivity index (χ4n) is 0.734. The van der Waals surface area contributed by atoms with Crippen LogP contribution in [0.4, 0.5) is 0 Å². The summed E-state index contributed by atoms with van der Waals surface area (Å²) in [5.74, 6) is 0. The predicted octanol–water partition coefficient (Wildman–Crippen LogP) is -1.47. The molecule has 18 heavy (non-hydrogen) atoms. The number of hydrogen-bond donors (Lipinski definition) is 0. The molecule has 1 aromatic heterocycles. The van der Waals surface area contributed by atoms with Gasteiger partial charge in [-0.2, -0.15) is 16.4 Å². The molecule has 1 heterocycles. The van der Waals surface area contributed by atoms with Crippen molar-refractivity contribution in [2.45, 2.75) is 0 Å². The van der Waals surface area contributed by atoms with Gasteiger partial charge in [0, 0.05) is 16.9 Å². The lowest BCUT2D eigenvalue weighted by atomic mass is 10.5. The molecule has 1 rings (SSSR count). The van der Waals surface area contributed by atoms with Crippen LogP contribution in [0.3, 0.4) is 0 Å². The van der Waals surface area contributed by atoms with Crippen molar-refractivity contribution in [2.24, 2.45) is 0 Å². The Hall–Kier alpha value is -1.04. The minimum atomic E-state index is -5.34. The first-order chi connectivity index (χ1) is 8.18. The Morgan fingerprint density at radius 1 is 1.00 bits per heavy atom. The molecule has 0 spiro atoms. The highest BCUT2D eigenvalue weighted by Gasteiger charge is 2.24. The van der Waals surface area contributed by atoms with Crippen LogP contribution in [-0.2, 0) is 33.3 Å². The van der Waals surface area contributed by atoms with E-state index in [-0.39, 0.29) is 0 Å². The molecule has 10 nitrogen and oxygen atoms in total. The molecule has 0 radical (unpaired) electrons. The molecule has 13 heteroatoms. The Bertz CT molecular complexity index is 624. The Balaban J connectivity index is 2.69. The number of rotatable bonds is 6. The first-order valence-corrected chi connectivity index (χ1v) is 7.87. The zero-order valence-electron chi connectivity index (χ0n) is 8.32. The lowest BCUT2D eigenvalue weighted by molar-refractivity contribution is -0.857. The molecule has 1 aromatic rings. The minimum Gasteiger partial charge on any atom is -0.725 e. The van der Waals surface area contributed by atoms with Crippen molar-refractivity contribution in [3.63, 3.8) is 0 Å². The highest BCUT2D eigenvalue weighted by molar-refractivity contribution is 7.88. The smallest absolute Gasteiger partial charge is 0.510 e. The molecule has 0 saturated carbocycles. The zero-order valence-corrected chi connectivity index (χ0v) is 11.0. The third-order valence-corrected chi connectivity index (χ3v) is 4.28. The van der Waals surface area contributed by atoms with Crippen LogP contribution in [0.1, 0.15) is 0 Å². The Kier molecular flexibility index (Phi) is 4.78. The van der Waals surface area contributed by atoms with Gasteiger partial charge in [-0.15, -0.1) is 4.28 Å². The molecule has 0 saturated heterocycles. The van der Waals surface area contributed by atoms with Crippen molar-refractivity contribution in [3.05, 3.63) is 30.6 Å². The van der Waals surface area contributed by atoms with Gasteiger partial charge in [-0.3, -0.25) is 4.57 Å². The molecule has 0 aliphatic heterocycles. The molecule has 0 amide bonds. The largest absolute Gasteiger partial charge is 0.725 e. The molecule has 0 N–H and O–H groups in total. The van der Waals surface area contributed by atoms with Crippen LogP contribution in [0.5, 0.6) is 0 Å². The molecule has 1 unspecified atom stereocenters. The third kappa shape index (κ3) is 6.05. The third-order valence-electron chi connectivity index (χ3n) is 1.21. The summed E-state index contributed by atoms with van der Waals surface area (Å²) in [7, 11) is -14.3. The molecule has 1 atom stereocenters. The Morgan fingerprint density at radius 2 is 1.56 bits per heavy atom. The molecule has 0 aromatic carbocycles. The standard InChI is InChI=1S/C5H6NO9PS2/c7-16(14-17(8,9)10)15-18(11,12)13-6-4-2-1-3-5-6/h1-5,16H. The van der Waals surface area contributed by atoms with E-state index in [0.29, 0.717) is 4.73 Å². The summed E-state index contributed by atoms with van der Waals surface area (Å²) in [6.45, 7) is 0. The van der Waals surface area contributed by atoms with Crippen molar-refractivity contribution in [3.8, 4) is 0 Å². The van der Waals surface area contributed by atoms with E-state index in [2.05, 4.69) is 12.2 Å². The van der Waals surface area contributed by atoms with Crippen molar-refractivity contribution < 1.29 is 42.9 Å². The summed E-state index contributed by atoms with van der Waals surface area (Å²) < 4.78 is 74.8. The Labute approximate surface area is 103 Å². The van der Waals surface area contributed by atoms with Gasteiger partial charge in [0.2, 0.25) is 22.8 Å². The number of pyridine rings is 1. The molecule has 0 aliphatic carbocycles. The monoisotopic (exact) mass is 319 g/mol. The normalized spacial score (nSPS) is 14.1. The maximum absolute atomic E-state index is 11.1. The van der Waals surface area contributed by atoms with Crippen LogP contribution in [0.2, 0.25) is 0 Å². The van der Waals surface area contributed by atoms with E-state index in [1.54, 1.807) is 6.07 Å². The van der Waals surface area contributed by atoms with Crippen LogP contribution in [0, 0.1) is 0 Å². The highest BCUT2D eigenvalue weighted by Crippen LogP contribution is 2.28. The summed E-state index contributed by atoms with van der Waals surface area (Å²) in [6.07, 6.45) is 2.34. The second-order valence-corrected chi connectivity index (χ2v) is 6.16. The van der Waals surface area contributed by atoms with Gasteiger partial charge in [0.15, 0.2) is 0 Å². The lowest BCUT2D eigenvalue weighted by Gasteiger charge is -2.05. The van der Waals surface area contributed by atoms with Crippen molar-refractivity contribution in [1.82, 2.24) is 0 Å². The van der Waals surface area contributed by atoms with E-state index >= 15 is 0 Å². The highest BCUT2D eigenvalue weighted by atomic mass is 32.3. The van der Waals surface area contributed by atoms with Crippen LogP contribution in [0.25, 0.3) is 0 Å². The van der Waals surface area contributed by atoms with E-state index < -0.39 is 29.1 Å². The maximum atomic E-state index is 11.1. The number of hydrogen-bond acceptors (Lipinski definition) is 9. The van der Waals surface area contributed by atoms with Gasteiger partial charge in [-0.25, -0.2) is 8.42 Å². The van der Waals surface area contributed by atoms with Gasteiger partial charge in [-0.1, -0.05) is 6.07 Å². The molecule has 0 bridgehead atoms. The van der Waals surface area contributed by atoms with Gasteiger partial charge >= 0.3 is 18.7 Å². The molecular formula is C5H6NO9PS2. The van der Waals surface area contributed by atoms with Gasteiger partial charge in [-0.05, 0) is 0 Å². The topological polar surface area (TPSA) is 140 Å². The first kappa shape index (κ1) is 15.0. The number of nitrogens with zero attached hydrogens (tertiary/aromatic N) is 1. The minimum absolute atomic E-state index is 0.677. The fraction of sp³-hybridized carbons (Fsp3) is 0. The summed E-state index contributed by atoms with van der Waals surface area (Å²) in [4.78, 5) is 0. The predicted molar refractivity (Wildman–Crippen MR) is 53.0 cm³/mol. The molecule has 0 fully saturated rings. The molecule has 102 valence electrons. The Morgan fingerprint density at radius 3 is 2.06 bits per heavy atom. The lowest BCUT2D eigenvalue weighted by Crippen LogP contribution is -2.45. The molecule has 0 aliphatic rings. The van der Waals surface area contributed by atoms with Crippen molar-refractivity contribution in [1.29, 1.82) is 0 Å². The van der Waals surface area contributed by atoms with Crippen LogP contribution >= 0.6 is 8.25 Å². The van der Waals surface area contributed by atoms with Gasteiger partial charge < -0.3 is 4.55 Å². The summed E-state index contributed by atoms with van der Waals surface area (Å²) in [6, 6.07) is 4.39. The van der Waals surface area contributed by atoms with E-state index in [0.717, 1.165) is 0 Å². The van der Waals surface area contributed by atoms with Crippen molar-refractivity contribution in [2.75, 3.05) is 0 Å². The van der Waals surface area contributed by atoms with E-state index in [9.17, 15) is 26.0 Å². The average Bonchev–Trinajstić information content (AvgIpc) is 2.13.